The molecule has 4 N–H and O–H groups in total. The molecular weight excluding hydrogens is 1030 g/mol. The molecule has 0 aliphatic heterocycles. The number of aromatic nitrogens is 6. The van der Waals surface area contributed by atoms with Crippen LogP contribution in [0.15, 0.2) is 107 Å². The van der Waals surface area contributed by atoms with Crippen molar-refractivity contribution < 1.29 is 32.3 Å². The van der Waals surface area contributed by atoms with Gasteiger partial charge in [-0.25, -0.2) is 32.3 Å². The molecule has 1 fully saturated rings. The number of fused-ring (bicyclic) bond motifs is 2. The van der Waals surface area contributed by atoms with E-state index >= 15 is 0 Å². The summed E-state index contributed by atoms with van der Waals surface area (Å²) in [4.78, 5) is 74.0. The lowest BCUT2D eigenvalue weighted by atomic mass is 9.92. The highest BCUT2D eigenvalue weighted by molar-refractivity contribution is 5.99. The first-order chi connectivity index (χ1) is 38.5. The summed E-state index contributed by atoms with van der Waals surface area (Å²) in [7, 11) is 0. The topological polar surface area (TPSA) is 192 Å². The summed E-state index contributed by atoms with van der Waals surface area (Å²) in [6.07, 6.45) is 4.64. The smallest absolute Gasteiger partial charge is 0.335 e. The van der Waals surface area contributed by atoms with Crippen molar-refractivity contribution in [2.75, 3.05) is 63.0 Å². The van der Waals surface area contributed by atoms with Crippen molar-refractivity contribution >= 4 is 45.8 Å². The molecule has 0 unspecified atom stereocenters. The van der Waals surface area contributed by atoms with Crippen molar-refractivity contribution in [2.24, 2.45) is 0 Å². The number of pyridine rings is 2. The van der Waals surface area contributed by atoms with Crippen LogP contribution in [0, 0.1) is 37.1 Å². The van der Waals surface area contributed by atoms with Gasteiger partial charge in [-0.2, -0.15) is 9.97 Å². The maximum absolute atomic E-state index is 15.0. The number of carboxylic acid groups (broad SMARTS) is 1. The third-order valence-electron chi connectivity index (χ3n) is 14.4. The second-order valence-electron chi connectivity index (χ2n) is 19.5. The number of hydrogen-bond donors (Lipinski definition) is 4. The molecule has 4 aromatic carbocycles. The lowest BCUT2D eigenvalue weighted by Crippen LogP contribution is -2.39. The van der Waals surface area contributed by atoms with Crippen LogP contribution >= 0.6 is 0 Å². The Morgan fingerprint density at radius 2 is 1.00 bits per heavy atom. The fourth-order valence-electron chi connectivity index (χ4n) is 9.57. The molecule has 1 amide bonds. The Morgan fingerprint density at radius 1 is 0.588 bits per heavy atom. The Kier molecular flexibility index (Phi) is 18.8. The van der Waals surface area contributed by atoms with Gasteiger partial charge in [0.05, 0.1) is 17.0 Å². The highest BCUT2D eigenvalue weighted by atomic mass is 19.1. The van der Waals surface area contributed by atoms with Crippen molar-refractivity contribution in [1.29, 1.82) is 0 Å². The highest BCUT2D eigenvalue weighted by Gasteiger charge is 2.25. The number of carbonyl (C=O) groups is 2. The Bertz CT molecular complexity index is 3650. The lowest BCUT2D eigenvalue weighted by Gasteiger charge is -2.26. The SMILES string of the molecule is CCN(CC)CCCNc1nc(-c2cc(C(=O)NC3CCC3)ccc2C)c2ccc(=O)n(-c3c(F)cccc3F)c2n1.CCN(CC)CCCNc1nc(-c2cc(C(=O)O)ccc2C)c2ccc(=O)n(-c3c(F)cccc3F)c2n1. The van der Waals surface area contributed by atoms with Crippen molar-refractivity contribution in [3.8, 4) is 33.9 Å². The second kappa shape index (κ2) is 26.1. The number of amides is 1. The molecule has 4 heterocycles. The number of carboxylic acids is 1. The van der Waals surface area contributed by atoms with Crippen LogP contribution in [-0.4, -0.2) is 114 Å². The minimum atomic E-state index is -1.11. The average Bonchev–Trinajstić information content (AvgIpc) is 3.53. The van der Waals surface area contributed by atoms with E-state index in [1.54, 1.807) is 31.2 Å². The van der Waals surface area contributed by atoms with Crippen LogP contribution in [0.2, 0.25) is 0 Å². The van der Waals surface area contributed by atoms with E-state index in [0.717, 1.165) is 116 Å². The van der Waals surface area contributed by atoms with Crippen LogP contribution in [0.5, 0.6) is 0 Å². The number of hydrogen-bond acceptors (Lipinski definition) is 12. The molecule has 0 saturated heterocycles. The van der Waals surface area contributed by atoms with Gasteiger partial charge in [-0.15, -0.1) is 0 Å². The van der Waals surface area contributed by atoms with E-state index in [2.05, 4.69) is 68.4 Å². The number of para-hydroxylation sites is 2. The maximum atomic E-state index is 15.0. The minimum absolute atomic E-state index is 0.00197. The van der Waals surface area contributed by atoms with E-state index < -0.39 is 51.7 Å². The normalized spacial score (nSPS) is 12.4. The quantitative estimate of drug-likeness (QED) is 0.0393. The number of carbonyl (C=O) groups excluding carboxylic acids is 1. The summed E-state index contributed by atoms with van der Waals surface area (Å²) < 4.78 is 61.5. The third-order valence-corrected chi connectivity index (χ3v) is 14.4. The van der Waals surface area contributed by atoms with E-state index in [4.69, 9.17) is 4.98 Å². The van der Waals surface area contributed by atoms with Gasteiger partial charge in [0.25, 0.3) is 17.0 Å². The lowest BCUT2D eigenvalue weighted by molar-refractivity contribution is 0.0696. The predicted molar refractivity (Wildman–Crippen MR) is 304 cm³/mol. The molecule has 8 aromatic rings. The van der Waals surface area contributed by atoms with Crippen molar-refractivity contribution in [3.05, 3.63) is 163 Å². The highest BCUT2D eigenvalue weighted by Crippen LogP contribution is 2.34. The van der Waals surface area contributed by atoms with Crippen molar-refractivity contribution in [1.82, 2.24) is 44.2 Å². The summed E-state index contributed by atoms with van der Waals surface area (Å²) in [6, 6.07) is 22.5. The van der Waals surface area contributed by atoms with Gasteiger partial charge in [0.2, 0.25) is 11.9 Å². The number of anilines is 2. The number of benzene rings is 4. The molecule has 4 aromatic heterocycles. The van der Waals surface area contributed by atoms with Crippen LogP contribution in [-0.2, 0) is 0 Å². The van der Waals surface area contributed by atoms with Gasteiger partial charge in [0.15, 0.2) is 11.3 Å². The maximum Gasteiger partial charge on any atom is 0.335 e. The van der Waals surface area contributed by atoms with Crippen LogP contribution in [0.1, 0.15) is 91.6 Å². The predicted octanol–water partition coefficient (Wildman–Crippen LogP) is 10.3. The Hall–Kier alpha value is -8.36. The fraction of sp³-hybridized carbons (Fsp3) is 0.333. The number of halogens is 4. The van der Waals surface area contributed by atoms with E-state index in [9.17, 15) is 41.8 Å². The van der Waals surface area contributed by atoms with Gasteiger partial charge in [0, 0.05) is 58.7 Å². The molecule has 418 valence electrons. The molecule has 0 spiro atoms. The molecule has 20 heteroatoms. The molecule has 0 radical (unpaired) electrons. The molecule has 1 aliphatic carbocycles. The summed E-state index contributed by atoms with van der Waals surface area (Å²) in [5.41, 5.74) is 1.78. The Morgan fingerprint density at radius 3 is 1.39 bits per heavy atom. The number of nitrogens with one attached hydrogen (secondary N) is 3. The number of aromatic carboxylic acids is 1. The van der Waals surface area contributed by atoms with E-state index in [1.807, 2.05) is 13.0 Å². The molecule has 0 bridgehead atoms. The summed E-state index contributed by atoms with van der Waals surface area (Å²) in [6.45, 7) is 18.6. The zero-order chi connectivity index (χ0) is 57.2. The first-order valence-corrected chi connectivity index (χ1v) is 27.0. The van der Waals surface area contributed by atoms with Gasteiger partial charge < -0.3 is 30.9 Å². The van der Waals surface area contributed by atoms with E-state index in [-0.39, 0.29) is 40.7 Å². The van der Waals surface area contributed by atoms with Crippen LogP contribution < -0.4 is 27.1 Å². The average molecular weight is 1100 g/mol. The largest absolute Gasteiger partial charge is 0.478 e. The number of aryl methyl sites for hydroxylation is 2. The van der Waals surface area contributed by atoms with Gasteiger partial charge >= 0.3 is 5.97 Å². The van der Waals surface area contributed by atoms with Gasteiger partial charge in [-0.3, -0.25) is 23.5 Å². The molecule has 9 rings (SSSR count). The van der Waals surface area contributed by atoms with Crippen LogP contribution in [0.25, 0.3) is 56.0 Å². The van der Waals surface area contributed by atoms with E-state index in [0.29, 0.717) is 51.9 Å². The fourth-order valence-corrected chi connectivity index (χ4v) is 9.57. The Balaban J connectivity index is 0.000000211. The summed E-state index contributed by atoms with van der Waals surface area (Å²) >= 11 is 0. The molecule has 1 saturated carbocycles. The zero-order valence-corrected chi connectivity index (χ0v) is 45.7. The van der Waals surface area contributed by atoms with Crippen molar-refractivity contribution in [3.63, 3.8) is 0 Å². The monoisotopic (exact) mass is 1100 g/mol. The van der Waals surface area contributed by atoms with Crippen LogP contribution in [0.4, 0.5) is 29.5 Å². The first-order valence-electron chi connectivity index (χ1n) is 27.0. The first kappa shape index (κ1) is 57.8. The number of rotatable bonds is 21. The van der Waals surface area contributed by atoms with Gasteiger partial charge in [-0.05, 0) is 157 Å². The van der Waals surface area contributed by atoms with Gasteiger partial charge in [0.1, 0.15) is 34.6 Å². The van der Waals surface area contributed by atoms with Gasteiger partial charge in [-0.1, -0.05) is 52.0 Å². The zero-order valence-electron chi connectivity index (χ0n) is 45.7. The third kappa shape index (κ3) is 12.9. The van der Waals surface area contributed by atoms with Crippen LogP contribution in [0.3, 0.4) is 0 Å². The summed E-state index contributed by atoms with van der Waals surface area (Å²) in [5.74, 6) is -4.51. The second-order valence-corrected chi connectivity index (χ2v) is 19.5. The molecule has 0 atom stereocenters. The molecule has 80 heavy (non-hydrogen) atoms. The molecular formula is C60H65F4N11O5. The minimum Gasteiger partial charge on any atom is -0.478 e. The molecule has 16 nitrogen and oxygen atoms in total. The standard InChI is InChI=1S/C32H36F2N6O2.C28H29F2N5O3/c1-4-39(5-2)18-8-17-35-32-37-28(24-19-21(14-13-20(24)3)31(42)36-22-9-6-10-22)23-15-16-27(41)40(30(23)38-32)29-25(33)11-7-12-26(29)34;1-4-34(5-2)15-7-14-31-28-32-24(20-16-18(27(37)38)11-10-17(20)3)19-12-13-23(36)35(26(19)33-28)25-21(29)8-6-9-22(25)30/h7,11-16,19,22H,4-6,8-10,17-18H2,1-3H3,(H,36,42)(H,35,37,38);6,8-13,16H,4-5,7,14-15H2,1-3H3,(H,37,38)(H,31,32,33). The molecule has 1 aliphatic rings. The van der Waals surface area contributed by atoms with Crippen molar-refractivity contribution in [2.45, 2.75) is 79.7 Å². The summed E-state index contributed by atoms with van der Waals surface area (Å²) in [5, 5.41) is 19.8. The number of nitrogens with zero attached hydrogens (tertiary/aromatic N) is 8. The Labute approximate surface area is 460 Å². The van der Waals surface area contributed by atoms with E-state index in [1.165, 1.54) is 42.5 Å².